The van der Waals surface area contributed by atoms with E-state index in [9.17, 15) is 4.79 Å². The number of methoxy groups -OCH3 is 1. The van der Waals surface area contributed by atoms with Gasteiger partial charge in [0.15, 0.2) is 0 Å². The SMILES string of the molecule is CO[C@H]1CNC[C@H]1NC(=O)C[C@H](C)c1c(C)noc1C. The molecular formula is C14H23N3O3. The number of hydrogen-bond donors (Lipinski definition) is 2. The van der Waals surface area contributed by atoms with Crippen LogP contribution in [0.15, 0.2) is 4.52 Å². The quantitative estimate of drug-likeness (QED) is 0.838. The van der Waals surface area contributed by atoms with E-state index in [1.54, 1.807) is 7.11 Å². The highest BCUT2D eigenvalue weighted by atomic mass is 16.5. The predicted octanol–water partition coefficient (Wildman–Crippen LogP) is 0.888. The van der Waals surface area contributed by atoms with Crippen molar-refractivity contribution >= 4 is 5.91 Å². The largest absolute Gasteiger partial charge is 0.378 e. The van der Waals surface area contributed by atoms with Gasteiger partial charge in [0.2, 0.25) is 5.91 Å². The molecule has 0 aromatic carbocycles. The summed E-state index contributed by atoms with van der Waals surface area (Å²) in [7, 11) is 1.67. The summed E-state index contributed by atoms with van der Waals surface area (Å²) >= 11 is 0. The first kappa shape index (κ1) is 15.0. The first-order valence-electron chi connectivity index (χ1n) is 6.98. The van der Waals surface area contributed by atoms with Crippen LogP contribution < -0.4 is 10.6 Å². The van der Waals surface area contributed by atoms with E-state index in [1.165, 1.54) is 0 Å². The standard InChI is InChI=1S/C14H23N3O3/c1-8(14-9(2)17-20-10(14)3)5-13(18)16-11-6-15-7-12(11)19-4/h8,11-12,15H,5-7H2,1-4H3,(H,16,18)/t8-,11+,12-/m0/s1. The summed E-state index contributed by atoms with van der Waals surface area (Å²) in [4.78, 5) is 12.1. The highest BCUT2D eigenvalue weighted by Crippen LogP contribution is 2.25. The Balaban J connectivity index is 1.91. The summed E-state index contributed by atoms with van der Waals surface area (Å²) in [6.45, 7) is 7.34. The zero-order valence-electron chi connectivity index (χ0n) is 12.5. The molecule has 0 spiro atoms. The van der Waals surface area contributed by atoms with Crippen LogP contribution in [0.1, 0.15) is 36.3 Å². The molecule has 6 heteroatoms. The van der Waals surface area contributed by atoms with Crippen LogP contribution in [0, 0.1) is 13.8 Å². The van der Waals surface area contributed by atoms with Gasteiger partial charge in [-0.25, -0.2) is 0 Å². The summed E-state index contributed by atoms with van der Waals surface area (Å²) in [6, 6.07) is 0.0457. The number of amides is 1. The molecular weight excluding hydrogens is 258 g/mol. The van der Waals surface area contributed by atoms with Crippen molar-refractivity contribution in [2.45, 2.75) is 45.3 Å². The van der Waals surface area contributed by atoms with Crippen molar-refractivity contribution in [2.75, 3.05) is 20.2 Å². The monoisotopic (exact) mass is 281 g/mol. The molecule has 1 aromatic rings. The van der Waals surface area contributed by atoms with Crippen molar-refractivity contribution in [3.05, 3.63) is 17.0 Å². The molecule has 2 N–H and O–H groups in total. The van der Waals surface area contributed by atoms with Gasteiger partial charge in [-0.3, -0.25) is 4.79 Å². The summed E-state index contributed by atoms with van der Waals surface area (Å²) < 4.78 is 10.5. The van der Waals surface area contributed by atoms with Gasteiger partial charge in [-0.15, -0.1) is 0 Å². The lowest BCUT2D eigenvalue weighted by atomic mass is 9.95. The van der Waals surface area contributed by atoms with Gasteiger partial charge in [0.1, 0.15) is 5.76 Å². The van der Waals surface area contributed by atoms with E-state index in [0.717, 1.165) is 30.1 Å². The van der Waals surface area contributed by atoms with E-state index < -0.39 is 0 Å². The second-order valence-corrected chi connectivity index (χ2v) is 5.45. The molecule has 1 aliphatic rings. The molecule has 2 rings (SSSR count). The zero-order valence-corrected chi connectivity index (χ0v) is 12.5. The van der Waals surface area contributed by atoms with E-state index in [-0.39, 0.29) is 24.0 Å². The van der Waals surface area contributed by atoms with E-state index >= 15 is 0 Å². The van der Waals surface area contributed by atoms with Gasteiger partial charge in [-0.05, 0) is 19.8 Å². The fourth-order valence-corrected chi connectivity index (χ4v) is 2.89. The number of hydrogen-bond acceptors (Lipinski definition) is 5. The maximum absolute atomic E-state index is 12.1. The van der Waals surface area contributed by atoms with Gasteiger partial charge >= 0.3 is 0 Å². The first-order valence-corrected chi connectivity index (χ1v) is 6.98. The molecule has 1 aromatic heterocycles. The van der Waals surface area contributed by atoms with Gasteiger partial charge in [-0.2, -0.15) is 0 Å². The van der Waals surface area contributed by atoms with Crippen LogP contribution in [0.25, 0.3) is 0 Å². The number of carbonyl (C=O) groups excluding carboxylic acids is 1. The second kappa shape index (κ2) is 6.37. The smallest absolute Gasteiger partial charge is 0.220 e. The van der Waals surface area contributed by atoms with Crippen LogP contribution >= 0.6 is 0 Å². The summed E-state index contributed by atoms with van der Waals surface area (Å²) in [6.07, 6.45) is 0.476. The Labute approximate surface area is 119 Å². The first-order chi connectivity index (χ1) is 9.52. The molecule has 0 bridgehead atoms. The molecule has 0 unspecified atom stereocenters. The minimum absolute atomic E-state index is 0.0354. The third-order valence-electron chi connectivity index (χ3n) is 3.88. The van der Waals surface area contributed by atoms with E-state index in [0.29, 0.717) is 6.42 Å². The highest BCUT2D eigenvalue weighted by Gasteiger charge is 2.29. The van der Waals surface area contributed by atoms with Crippen molar-refractivity contribution in [2.24, 2.45) is 0 Å². The van der Waals surface area contributed by atoms with E-state index in [4.69, 9.17) is 9.26 Å². The van der Waals surface area contributed by atoms with Gasteiger partial charge in [0.05, 0.1) is 17.8 Å². The fraction of sp³-hybridized carbons (Fsp3) is 0.714. The molecule has 0 saturated carbocycles. The van der Waals surface area contributed by atoms with Crippen molar-refractivity contribution in [3.8, 4) is 0 Å². The number of carbonyl (C=O) groups is 1. The Hall–Kier alpha value is -1.40. The molecule has 0 aliphatic carbocycles. The topological polar surface area (TPSA) is 76.4 Å². The highest BCUT2D eigenvalue weighted by molar-refractivity contribution is 5.77. The average molecular weight is 281 g/mol. The molecule has 3 atom stereocenters. The number of aryl methyl sites for hydroxylation is 2. The third-order valence-corrected chi connectivity index (χ3v) is 3.88. The lowest BCUT2D eigenvalue weighted by Crippen LogP contribution is -2.43. The number of ether oxygens (including phenoxy) is 1. The predicted molar refractivity (Wildman–Crippen MR) is 74.6 cm³/mol. The van der Waals surface area contributed by atoms with Gasteiger partial charge in [-0.1, -0.05) is 12.1 Å². The van der Waals surface area contributed by atoms with Crippen LogP contribution in [0.3, 0.4) is 0 Å². The van der Waals surface area contributed by atoms with Gasteiger partial charge < -0.3 is 19.9 Å². The summed E-state index contributed by atoms with van der Waals surface area (Å²) in [5, 5.41) is 10.2. The van der Waals surface area contributed by atoms with Crippen molar-refractivity contribution in [1.29, 1.82) is 0 Å². The van der Waals surface area contributed by atoms with Gasteiger partial charge in [0, 0.05) is 32.2 Å². The second-order valence-electron chi connectivity index (χ2n) is 5.45. The van der Waals surface area contributed by atoms with Crippen molar-refractivity contribution in [3.63, 3.8) is 0 Å². The molecule has 6 nitrogen and oxygen atoms in total. The summed E-state index contributed by atoms with van der Waals surface area (Å²) in [5.41, 5.74) is 1.90. The average Bonchev–Trinajstić information content (AvgIpc) is 2.96. The third kappa shape index (κ3) is 3.19. The number of nitrogens with one attached hydrogen (secondary N) is 2. The fourth-order valence-electron chi connectivity index (χ4n) is 2.89. The number of nitrogens with zero attached hydrogens (tertiary/aromatic N) is 1. The molecule has 1 amide bonds. The summed E-state index contributed by atoms with van der Waals surface area (Å²) in [5.74, 6) is 0.921. The van der Waals surface area contributed by atoms with E-state index in [1.807, 2.05) is 20.8 Å². The Morgan fingerprint density at radius 2 is 2.30 bits per heavy atom. The Morgan fingerprint density at radius 3 is 2.90 bits per heavy atom. The molecule has 1 aliphatic heterocycles. The zero-order chi connectivity index (χ0) is 14.7. The van der Waals surface area contributed by atoms with Crippen LogP contribution in [0.5, 0.6) is 0 Å². The minimum Gasteiger partial charge on any atom is -0.378 e. The molecule has 112 valence electrons. The van der Waals surface area contributed by atoms with Crippen LogP contribution in [-0.4, -0.2) is 43.4 Å². The Morgan fingerprint density at radius 1 is 1.55 bits per heavy atom. The molecule has 2 heterocycles. The maximum Gasteiger partial charge on any atom is 0.220 e. The number of rotatable bonds is 5. The minimum atomic E-state index is 0.0354. The van der Waals surface area contributed by atoms with Crippen LogP contribution in [0.2, 0.25) is 0 Å². The molecule has 1 saturated heterocycles. The van der Waals surface area contributed by atoms with E-state index in [2.05, 4.69) is 15.8 Å². The van der Waals surface area contributed by atoms with Gasteiger partial charge in [0.25, 0.3) is 0 Å². The Bertz CT molecular complexity index is 453. The lowest BCUT2D eigenvalue weighted by molar-refractivity contribution is -0.122. The van der Waals surface area contributed by atoms with Crippen molar-refractivity contribution < 1.29 is 14.1 Å². The van der Waals surface area contributed by atoms with Crippen LogP contribution in [0.4, 0.5) is 0 Å². The van der Waals surface area contributed by atoms with Crippen molar-refractivity contribution in [1.82, 2.24) is 15.8 Å². The lowest BCUT2D eigenvalue weighted by Gasteiger charge is -2.19. The van der Waals surface area contributed by atoms with Crippen LogP contribution in [-0.2, 0) is 9.53 Å². The number of aromatic nitrogens is 1. The molecule has 20 heavy (non-hydrogen) atoms. The molecule has 1 fully saturated rings. The maximum atomic E-state index is 12.1. The Kier molecular flexibility index (Phi) is 4.77. The molecule has 0 radical (unpaired) electrons. The normalized spacial score (nSPS) is 23.8.